The molecule has 1 fully saturated rings. The van der Waals surface area contributed by atoms with Gasteiger partial charge in [-0.3, -0.25) is 15.1 Å². The van der Waals surface area contributed by atoms with Crippen molar-refractivity contribution in [3.8, 4) is 0 Å². The predicted molar refractivity (Wildman–Crippen MR) is 119 cm³/mol. The highest BCUT2D eigenvalue weighted by atomic mass is 32.2. The van der Waals surface area contributed by atoms with Crippen LogP contribution in [0.4, 0.5) is 0 Å². The first-order chi connectivity index (χ1) is 14.7. The van der Waals surface area contributed by atoms with Crippen molar-refractivity contribution in [1.82, 2.24) is 35.4 Å². The number of thioether (sulfide) groups is 1. The van der Waals surface area contributed by atoms with E-state index in [1.54, 1.807) is 0 Å². The van der Waals surface area contributed by atoms with E-state index in [9.17, 15) is 4.79 Å². The average molecular weight is 430 g/mol. The van der Waals surface area contributed by atoms with Crippen LogP contribution in [0, 0.1) is 0 Å². The topological polar surface area (TPSA) is 88.8 Å². The number of amides is 1. The number of tetrazole rings is 1. The van der Waals surface area contributed by atoms with Crippen LogP contribution in [0.5, 0.6) is 0 Å². The number of rotatable bonds is 10. The fourth-order valence-corrected chi connectivity index (χ4v) is 4.32. The number of likely N-dealkylation sites (tertiary alicyclic amines) is 1. The molecule has 3 rings (SSSR count). The predicted octanol–water partition coefficient (Wildman–Crippen LogP) is 2.24. The summed E-state index contributed by atoms with van der Waals surface area (Å²) in [7, 11) is 0. The first kappa shape index (κ1) is 22.4. The van der Waals surface area contributed by atoms with E-state index in [2.05, 4.69) is 46.7 Å². The van der Waals surface area contributed by atoms with E-state index in [0.717, 1.165) is 56.0 Å². The summed E-state index contributed by atoms with van der Waals surface area (Å²) < 4.78 is 1.89. The average Bonchev–Trinajstić information content (AvgIpc) is 3.25. The molecule has 2 aromatic heterocycles. The molecule has 2 unspecified atom stereocenters. The molecule has 1 aliphatic rings. The first-order valence-electron chi connectivity index (χ1n) is 10.5. The standard InChI is InChI=1S/C21H31N7OS/c1-4-16-9-6-11-22-19(16)20(21-24-25-26-28(21)13-8-14-30-3)23-17-10-7-12-27(15-17)18(29)5-2/h5-6,9,11,17,20,23H,2,4,7-8,10,12-15H2,1,3H3. The molecule has 9 heteroatoms. The van der Waals surface area contributed by atoms with Gasteiger partial charge in [-0.2, -0.15) is 11.8 Å². The molecule has 2 aromatic rings. The van der Waals surface area contributed by atoms with Crippen LogP contribution in [0.25, 0.3) is 0 Å². The second-order valence-corrected chi connectivity index (χ2v) is 8.42. The normalized spacial score (nSPS) is 17.7. The monoisotopic (exact) mass is 429 g/mol. The Morgan fingerprint density at radius 2 is 2.37 bits per heavy atom. The Morgan fingerprint density at radius 1 is 1.50 bits per heavy atom. The maximum absolute atomic E-state index is 12.1. The number of aryl methyl sites for hydroxylation is 2. The Balaban J connectivity index is 1.88. The molecule has 1 aliphatic heterocycles. The van der Waals surface area contributed by atoms with Crippen LogP contribution in [-0.4, -0.2) is 67.1 Å². The molecule has 0 aliphatic carbocycles. The van der Waals surface area contributed by atoms with Gasteiger partial charge in [0.15, 0.2) is 5.82 Å². The third-order valence-corrected chi connectivity index (χ3v) is 6.12. The van der Waals surface area contributed by atoms with Gasteiger partial charge in [-0.15, -0.1) is 5.10 Å². The Morgan fingerprint density at radius 3 is 3.13 bits per heavy atom. The summed E-state index contributed by atoms with van der Waals surface area (Å²) >= 11 is 1.82. The lowest BCUT2D eigenvalue weighted by molar-refractivity contribution is -0.127. The van der Waals surface area contributed by atoms with Crippen LogP contribution in [0.3, 0.4) is 0 Å². The fourth-order valence-electron chi connectivity index (χ4n) is 3.90. The van der Waals surface area contributed by atoms with Gasteiger partial charge in [0.1, 0.15) is 6.04 Å². The van der Waals surface area contributed by atoms with Gasteiger partial charge in [-0.05, 0) is 65.8 Å². The Hall–Kier alpha value is -2.26. The number of aromatic nitrogens is 5. The number of carbonyl (C=O) groups is 1. The number of piperidine rings is 1. The number of hydrogen-bond donors (Lipinski definition) is 1. The summed E-state index contributed by atoms with van der Waals surface area (Å²) in [5.74, 6) is 1.81. The van der Waals surface area contributed by atoms with Crippen molar-refractivity contribution in [2.24, 2.45) is 0 Å². The van der Waals surface area contributed by atoms with Crippen molar-refractivity contribution in [3.63, 3.8) is 0 Å². The molecule has 162 valence electrons. The van der Waals surface area contributed by atoms with Crippen LogP contribution >= 0.6 is 11.8 Å². The van der Waals surface area contributed by atoms with Gasteiger partial charge in [0.25, 0.3) is 0 Å². The van der Waals surface area contributed by atoms with Gasteiger partial charge in [0.05, 0.1) is 5.69 Å². The molecule has 0 radical (unpaired) electrons. The Bertz CT molecular complexity index is 840. The molecule has 1 N–H and O–H groups in total. The second kappa shape index (κ2) is 11.2. The van der Waals surface area contributed by atoms with Gasteiger partial charge in [0.2, 0.25) is 5.91 Å². The molecule has 0 bridgehead atoms. The van der Waals surface area contributed by atoms with E-state index in [1.165, 1.54) is 11.6 Å². The van der Waals surface area contributed by atoms with Crippen molar-refractivity contribution in [2.75, 3.05) is 25.1 Å². The largest absolute Gasteiger partial charge is 0.338 e. The SMILES string of the molecule is C=CC(=O)N1CCCC(NC(c2ncccc2CC)c2nnnn2CCCSC)C1. The molecule has 3 heterocycles. The number of carbonyl (C=O) groups excluding carboxylic acids is 1. The molecule has 0 spiro atoms. The molecular formula is C21H31N7OS. The van der Waals surface area contributed by atoms with Crippen LogP contribution in [-0.2, 0) is 17.8 Å². The number of pyridine rings is 1. The smallest absolute Gasteiger partial charge is 0.246 e. The van der Waals surface area contributed by atoms with Crippen molar-refractivity contribution in [3.05, 3.63) is 48.1 Å². The molecule has 0 saturated carbocycles. The Kier molecular flexibility index (Phi) is 8.39. The third-order valence-electron chi connectivity index (χ3n) is 5.43. The summed E-state index contributed by atoms with van der Waals surface area (Å²) in [5, 5.41) is 16.3. The van der Waals surface area contributed by atoms with Crippen LogP contribution < -0.4 is 5.32 Å². The first-order valence-corrected chi connectivity index (χ1v) is 11.9. The number of nitrogens with zero attached hydrogens (tertiary/aromatic N) is 6. The zero-order chi connectivity index (χ0) is 21.3. The van der Waals surface area contributed by atoms with E-state index >= 15 is 0 Å². The second-order valence-electron chi connectivity index (χ2n) is 7.44. The third kappa shape index (κ3) is 5.46. The van der Waals surface area contributed by atoms with Crippen molar-refractivity contribution < 1.29 is 4.79 Å². The minimum Gasteiger partial charge on any atom is -0.338 e. The summed E-state index contributed by atoms with van der Waals surface area (Å²) in [6.07, 6.45) is 9.12. The highest BCUT2D eigenvalue weighted by molar-refractivity contribution is 7.98. The molecule has 8 nitrogen and oxygen atoms in total. The number of nitrogens with one attached hydrogen (secondary N) is 1. The molecule has 30 heavy (non-hydrogen) atoms. The fraction of sp³-hybridized carbons (Fsp3) is 0.571. The van der Waals surface area contributed by atoms with Gasteiger partial charge in [0, 0.05) is 31.9 Å². The van der Waals surface area contributed by atoms with E-state index in [-0.39, 0.29) is 18.0 Å². The summed E-state index contributed by atoms with van der Waals surface area (Å²) in [6.45, 7) is 7.93. The van der Waals surface area contributed by atoms with Gasteiger partial charge >= 0.3 is 0 Å². The maximum Gasteiger partial charge on any atom is 0.246 e. The van der Waals surface area contributed by atoms with Crippen LogP contribution in [0.2, 0.25) is 0 Å². The van der Waals surface area contributed by atoms with Crippen molar-refractivity contribution in [2.45, 2.75) is 51.2 Å². The lowest BCUT2D eigenvalue weighted by Crippen LogP contribution is -2.49. The summed E-state index contributed by atoms with van der Waals surface area (Å²) in [5.41, 5.74) is 2.12. The zero-order valence-corrected chi connectivity index (χ0v) is 18.6. The quantitative estimate of drug-likeness (QED) is 0.458. The zero-order valence-electron chi connectivity index (χ0n) is 17.8. The summed E-state index contributed by atoms with van der Waals surface area (Å²) in [4.78, 5) is 18.7. The molecule has 2 atom stereocenters. The highest BCUT2D eigenvalue weighted by Crippen LogP contribution is 2.25. The van der Waals surface area contributed by atoms with Gasteiger partial charge < -0.3 is 4.90 Å². The lowest BCUT2D eigenvalue weighted by atomic mass is 10.00. The van der Waals surface area contributed by atoms with Crippen LogP contribution in [0.1, 0.15) is 49.3 Å². The molecule has 1 amide bonds. The lowest BCUT2D eigenvalue weighted by Gasteiger charge is -2.35. The maximum atomic E-state index is 12.1. The summed E-state index contributed by atoms with van der Waals surface area (Å²) in [6, 6.07) is 3.98. The van der Waals surface area contributed by atoms with Crippen LogP contribution in [0.15, 0.2) is 31.0 Å². The van der Waals surface area contributed by atoms with E-state index in [4.69, 9.17) is 4.98 Å². The molecular weight excluding hydrogens is 398 g/mol. The van der Waals surface area contributed by atoms with Gasteiger partial charge in [-0.25, -0.2) is 4.68 Å². The van der Waals surface area contributed by atoms with Crippen molar-refractivity contribution in [1.29, 1.82) is 0 Å². The number of hydrogen-bond acceptors (Lipinski definition) is 7. The van der Waals surface area contributed by atoms with E-state index in [1.807, 2.05) is 33.6 Å². The van der Waals surface area contributed by atoms with E-state index in [0.29, 0.717) is 6.54 Å². The minimum atomic E-state index is -0.228. The van der Waals surface area contributed by atoms with Gasteiger partial charge in [-0.1, -0.05) is 19.6 Å². The van der Waals surface area contributed by atoms with Crippen molar-refractivity contribution >= 4 is 17.7 Å². The van der Waals surface area contributed by atoms with E-state index < -0.39 is 0 Å². The molecule has 0 aromatic carbocycles. The minimum absolute atomic E-state index is 0.0213. The molecule has 1 saturated heterocycles. The Labute approximate surface area is 182 Å². The highest BCUT2D eigenvalue weighted by Gasteiger charge is 2.30.